The average molecular weight is 375 g/mol. The maximum absolute atomic E-state index is 12.3. The lowest BCUT2D eigenvalue weighted by atomic mass is 9.89. The minimum Gasteiger partial charge on any atom is -0.394 e. The Morgan fingerprint density at radius 3 is 2.56 bits per heavy atom. The van der Waals surface area contributed by atoms with Crippen LogP contribution in [0.5, 0.6) is 0 Å². The van der Waals surface area contributed by atoms with E-state index in [-0.39, 0.29) is 42.7 Å². The van der Waals surface area contributed by atoms with Gasteiger partial charge in [-0.15, -0.1) is 11.8 Å². The molecule has 1 heterocycles. The first-order chi connectivity index (χ1) is 11.6. The van der Waals surface area contributed by atoms with Crippen molar-refractivity contribution in [3.8, 4) is 0 Å². The van der Waals surface area contributed by atoms with Crippen LogP contribution in [0.25, 0.3) is 0 Å². The number of urea groups is 1. The van der Waals surface area contributed by atoms with Crippen LogP contribution in [0, 0.1) is 0 Å². The summed E-state index contributed by atoms with van der Waals surface area (Å²) in [5.41, 5.74) is 4.17. The molecular weight excluding hydrogens is 344 g/mol. The number of carbonyl (C=O) groups is 3. The van der Waals surface area contributed by atoms with E-state index in [2.05, 4.69) is 10.6 Å². The van der Waals surface area contributed by atoms with Gasteiger partial charge in [-0.25, -0.2) is 4.79 Å². The molecule has 1 atom stereocenters. The van der Waals surface area contributed by atoms with E-state index in [4.69, 9.17) is 5.73 Å². The highest BCUT2D eigenvalue weighted by atomic mass is 32.2. The van der Waals surface area contributed by atoms with Gasteiger partial charge >= 0.3 is 6.03 Å². The van der Waals surface area contributed by atoms with E-state index in [1.165, 1.54) is 11.8 Å². The van der Waals surface area contributed by atoms with Crippen molar-refractivity contribution in [2.24, 2.45) is 5.73 Å². The summed E-state index contributed by atoms with van der Waals surface area (Å²) >= 11 is 1.53. The number of likely N-dealkylation sites (tertiary alicyclic amines) is 1. The third-order valence-corrected chi connectivity index (χ3v) is 5.18. The van der Waals surface area contributed by atoms with Gasteiger partial charge in [0, 0.05) is 30.8 Å². The molecule has 0 aliphatic carbocycles. The number of aliphatic hydroxyl groups is 1. The lowest BCUT2D eigenvalue weighted by molar-refractivity contribution is -0.135. The normalized spacial score (nSPS) is 20.9. The van der Waals surface area contributed by atoms with Gasteiger partial charge in [0.2, 0.25) is 11.8 Å². The second kappa shape index (κ2) is 9.28. The van der Waals surface area contributed by atoms with Crippen LogP contribution in [0.1, 0.15) is 40.0 Å². The summed E-state index contributed by atoms with van der Waals surface area (Å²) < 4.78 is -0.0221. The summed E-state index contributed by atoms with van der Waals surface area (Å²) in [6.07, 6.45) is 1.46. The van der Waals surface area contributed by atoms with E-state index in [0.717, 1.165) is 0 Å². The number of thioether (sulfide) groups is 1. The van der Waals surface area contributed by atoms with Crippen molar-refractivity contribution in [2.45, 2.75) is 50.3 Å². The fourth-order valence-corrected chi connectivity index (χ4v) is 3.32. The summed E-state index contributed by atoms with van der Waals surface area (Å²) in [5, 5.41) is 15.1. The quantitative estimate of drug-likeness (QED) is 0.501. The van der Waals surface area contributed by atoms with Crippen LogP contribution in [0.2, 0.25) is 0 Å². The number of carbonyl (C=O) groups excluding carboxylic acids is 3. The molecule has 1 unspecified atom stereocenters. The SMILES string of the molecule is CC(C)(C)SCC(=O)NC1(CO)CCCN(C(=O)CCNC(N)=O)C1. The van der Waals surface area contributed by atoms with Crippen molar-refractivity contribution in [1.29, 1.82) is 0 Å². The third-order valence-electron chi connectivity index (χ3n) is 3.91. The summed E-state index contributed by atoms with van der Waals surface area (Å²) in [6, 6.07) is -0.667. The van der Waals surface area contributed by atoms with Gasteiger partial charge in [0.05, 0.1) is 17.9 Å². The molecule has 25 heavy (non-hydrogen) atoms. The number of hydrogen-bond donors (Lipinski definition) is 4. The number of primary amides is 1. The van der Waals surface area contributed by atoms with Crippen molar-refractivity contribution >= 4 is 29.6 Å². The fraction of sp³-hybridized carbons (Fsp3) is 0.812. The van der Waals surface area contributed by atoms with Gasteiger partial charge in [0.1, 0.15) is 0 Å². The van der Waals surface area contributed by atoms with Crippen LogP contribution >= 0.6 is 11.8 Å². The Kier molecular flexibility index (Phi) is 8.01. The van der Waals surface area contributed by atoms with Crippen LogP contribution in [-0.2, 0) is 9.59 Å². The first-order valence-corrected chi connectivity index (χ1v) is 9.42. The highest BCUT2D eigenvalue weighted by molar-refractivity contribution is 8.01. The molecule has 4 amide bonds. The minimum atomic E-state index is -0.805. The Hall–Kier alpha value is -1.48. The fourth-order valence-electron chi connectivity index (χ4n) is 2.68. The smallest absolute Gasteiger partial charge is 0.312 e. The molecule has 8 nitrogen and oxygen atoms in total. The molecule has 1 fully saturated rings. The highest BCUT2D eigenvalue weighted by Gasteiger charge is 2.38. The molecule has 0 bridgehead atoms. The lowest BCUT2D eigenvalue weighted by Crippen LogP contribution is -2.62. The molecule has 5 N–H and O–H groups in total. The molecule has 0 aromatic rings. The largest absolute Gasteiger partial charge is 0.394 e. The number of amides is 4. The zero-order valence-electron chi connectivity index (χ0n) is 15.3. The maximum Gasteiger partial charge on any atom is 0.312 e. The first kappa shape index (κ1) is 21.6. The van der Waals surface area contributed by atoms with Crippen molar-refractivity contribution in [3.05, 3.63) is 0 Å². The predicted molar refractivity (Wildman–Crippen MR) is 98.2 cm³/mol. The van der Waals surface area contributed by atoms with Gasteiger partial charge in [0.15, 0.2) is 0 Å². The molecule has 1 aliphatic rings. The van der Waals surface area contributed by atoms with Crippen LogP contribution in [0.3, 0.4) is 0 Å². The molecule has 1 rings (SSSR count). The van der Waals surface area contributed by atoms with Gasteiger partial charge < -0.3 is 26.4 Å². The van der Waals surface area contributed by atoms with Gasteiger partial charge in [-0.3, -0.25) is 9.59 Å². The summed E-state index contributed by atoms with van der Waals surface area (Å²) in [4.78, 5) is 36.8. The number of nitrogens with zero attached hydrogens (tertiary/aromatic N) is 1. The van der Waals surface area contributed by atoms with Crippen LogP contribution in [0.4, 0.5) is 4.79 Å². The van der Waals surface area contributed by atoms with E-state index < -0.39 is 11.6 Å². The zero-order chi connectivity index (χ0) is 19.1. The van der Waals surface area contributed by atoms with Crippen molar-refractivity contribution in [1.82, 2.24) is 15.5 Å². The second-order valence-corrected chi connectivity index (χ2v) is 9.15. The number of nitrogens with one attached hydrogen (secondary N) is 2. The number of nitrogens with two attached hydrogens (primary N) is 1. The molecule has 0 aromatic carbocycles. The average Bonchev–Trinajstić information content (AvgIpc) is 2.52. The Morgan fingerprint density at radius 1 is 1.32 bits per heavy atom. The number of rotatable bonds is 7. The maximum atomic E-state index is 12.3. The molecule has 144 valence electrons. The molecule has 0 radical (unpaired) electrons. The Balaban J connectivity index is 2.59. The number of piperidine rings is 1. The van der Waals surface area contributed by atoms with E-state index in [1.54, 1.807) is 4.90 Å². The van der Waals surface area contributed by atoms with E-state index in [1.807, 2.05) is 20.8 Å². The summed E-state index contributed by atoms with van der Waals surface area (Å²) in [6.45, 7) is 6.90. The third kappa shape index (κ3) is 7.96. The topological polar surface area (TPSA) is 125 Å². The van der Waals surface area contributed by atoms with Crippen LogP contribution in [-0.4, -0.2) is 70.1 Å². The number of hydrogen-bond acceptors (Lipinski definition) is 5. The number of aliphatic hydroxyl groups excluding tert-OH is 1. The van der Waals surface area contributed by atoms with Gasteiger partial charge in [0.25, 0.3) is 0 Å². The summed E-state index contributed by atoms with van der Waals surface area (Å²) in [5.74, 6) is 0.0325. The molecule has 9 heteroatoms. The van der Waals surface area contributed by atoms with Crippen LogP contribution < -0.4 is 16.4 Å². The zero-order valence-corrected chi connectivity index (χ0v) is 16.1. The molecule has 1 saturated heterocycles. The first-order valence-electron chi connectivity index (χ1n) is 8.44. The Bertz CT molecular complexity index is 495. The van der Waals surface area contributed by atoms with E-state index >= 15 is 0 Å². The summed E-state index contributed by atoms with van der Waals surface area (Å²) in [7, 11) is 0. The van der Waals surface area contributed by atoms with E-state index in [0.29, 0.717) is 25.1 Å². The molecular formula is C16H30N4O4S. The van der Waals surface area contributed by atoms with Crippen molar-refractivity contribution in [2.75, 3.05) is 32.0 Å². The molecule has 0 aromatic heterocycles. The van der Waals surface area contributed by atoms with Gasteiger partial charge in [-0.2, -0.15) is 0 Å². The molecule has 1 aliphatic heterocycles. The minimum absolute atomic E-state index is 0.0221. The predicted octanol–water partition coefficient (Wildman–Crippen LogP) is 0.0462. The van der Waals surface area contributed by atoms with Gasteiger partial charge in [-0.05, 0) is 12.8 Å². The van der Waals surface area contributed by atoms with Crippen molar-refractivity contribution < 1.29 is 19.5 Å². The van der Waals surface area contributed by atoms with Gasteiger partial charge in [-0.1, -0.05) is 20.8 Å². The molecule has 0 spiro atoms. The van der Waals surface area contributed by atoms with Crippen LogP contribution in [0.15, 0.2) is 0 Å². The second-order valence-electron chi connectivity index (χ2n) is 7.35. The van der Waals surface area contributed by atoms with Crippen molar-refractivity contribution in [3.63, 3.8) is 0 Å². The standard InChI is InChI=1S/C16H30N4O4S/c1-15(2,3)25-9-12(22)19-16(11-21)6-4-8-20(10-16)13(23)5-7-18-14(17)24/h21H,4-11H2,1-3H3,(H,19,22)(H3,17,18,24). The Labute approximate surface area is 153 Å². The van der Waals surface area contributed by atoms with E-state index in [9.17, 15) is 19.5 Å². The lowest BCUT2D eigenvalue weighted by Gasteiger charge is -2.42. The molecule has 0 saturated carbocycles. The Morgan fingerprint density at radius 2 is 2.00 bits per heavy atom. The monoisotopic (exact) mass is 374 g/mol. The highest BCUT2D eigenvalue weighted by Crippen LogP contribution is 2.25.